The van der Waals surface area contributed by atoms with Crippen LogP contribution in [0, 0.1) is 0 Å². The number of aromatic nitrogens is 4. The average molecular weight is 463 g/mol. The van der Waals surface area contributed by atoms with Crippen LogP contribution < -0.4 is 20.7 Å². The van der Waals surface area contributed by atoms with Crippen molar-refractivity contribution in [2.75, 3.05) is 14.2 Å². The quantitative estimate of drug-likeness (QED) is 0.371. The molecule has 9 heteroatoms. The Balaban J connectivity index is 1.59. The maximum atomic E-state index is 13.3. The van der Waals surface area contributed by atoms with Gasteiger partial charge in [-0.2, -0.15) is 0 Å². The fraction of sp³-hybridized carbons (Fsp3) is 0.208. The number of thiophene rings is 1. The molecule has 33 heavy (non-hydrogen) atoms. The number of fused-ring (bicyclic) bond motifs is 3. The van der Waals surface area contributed by atoms with Crippen LogP contribution in [-0.4, -0.2) is 33.0 Å². The van der Waals surface area contributed by atoms with Crippen molar-refractivity contribution in [2.45, 2.75) is 19.5 Å². The molecule has 0 saturated carbocycles. The molecule has 168 valence electrons. The normalized spacial score (nSPS) is 11.3. The lowest BCUT2D eigenvalue weighted by Crippen LogP contribution is -2.26. The van der Waals surface area contributed by atoms with Gasteiger partial charge in [-0.3, -0.25) is 9.36 Å². The number of ether oxygens (including phenoxy) is 2. The summed E-state index contributed by atoms with van der Waals surface area (Å²) in [6.45, 7) is 0.699. The summed E-state index contributed by atoms with van der Waals surface area (Å²) in [5, 5.41) is 6.39. The summed E-state index contributed by atoms with van der Waals surface area (Å²) in [5.41, 5.74) is 2.12. The Morgan fingerprint density at radius 1 is 0.939 bits per heavy atom. The fourth-order valence-corrected chi connectivity index (χ4v) is 4.80. The first-order chi connectivity index (χ1) is 16.1. The van der Waals surface area contributed by atoms with E-state index in [-0.39, 0.29) is 11.2 Å². The molecule has 0 unspecified atom stereocenters. The van der Waals surface area contributed by atoms with Crippen molar-refractivity contribution in [3.63, 3.8) is 0 Å². The molecule has 8 nitrogen and oxygen atoms in total. The lowest BCUT2D eigenvalue weighted by molar-refractivity contribution is 0.354. The van der Waals surface area contributed by atoms with Crippen molar-refractivity contribution in [3.05, 3.63) is 91.9 Å². The molecule has 0 aliphatic heterocycles. The first-order valence-electron chi connectivity index (χ1n) is 10.4. The smallest absolute Gasteiger partial charge is 0.352 e. The standard InChI is InChI=1S/C24H22N4O4S/c1-31-19-9-8-16(14-20(19)32-2)10-12-26-22(29)21-18(11-13-33-21)28-23(26)25-27(24(28)30)15-17-6-4-3-5-7-17/h3-9,11,13-14H,10,12,15H2,1-2H3. The van der Waals surface area contributed by atoms with Gasteiger partial charge in [-0.25, -0.2) is 13.9 Å². The SMILES string of the molecule is COc1ccc(CCn2c(=O)c3sccc3n3c(=O)n(Cc4ccccc4)nc23)cc1OC. The van der Waals surface area contributed by atoms with E-state index in [1.165, 1.54) is 20.4 Å². The van der Waals surface area contributed by atoms with Crippen molar-refractivity contribution in [1.29, 1.82) is 0 Å². The molecule has 3 aromatic heterocycles. The molecule has 0 radical (unpaired) electrons. The second-order valence-electron chi connectivity index (χ2n) is 7.59. The van der Waals surface area contributed by atoms with Crippen molar-refractivity contribution in [2.24, 2.45) is 0 Å². The first-order valence-corrected chi connectivity index (χ1v) is 11.3. The number of aryl methyl sites for hydroxylation is 2. The molecule has 0 saturated heterocycles. The lowest BCUT2D eigenvalue weighted by atomic mass is 10.1. The van der Waals surface area contributed by atoms with E-state index in [1.807, 2.05) is 53.9 Å². The highest BCUT2D eigenvalue weighted by atomic mass is 32.1. The molecule has 2 aromatic carbocycles. The number of hydrogen-bond acceptors (Lipinski definition) is 6. The largest absolute Gasteiger partial charge is 0.493 e. The van der Waals surface area contributed by atoms with Gasteiger partial charge in [0.15, 0.2) is 11.5 Å². The molecule has 0 spiro atoms. The summed E-state index contributed by atoms with van der Waals surface area (Å²) >= 11 is 1.33. The molecule has 0 amide bonds. The second kappa shape index (κ2) is 8.59. The Morgan fingerprint density at radius 3 is 2.48 bits per heavy atom. The van der Waals surface area contributed by atoms with Gasteiger partial charge in [-0.05, 0) is 41.1 Å². The molecule has 5 aromatic rings. The van der Waals surface area contributed by atoms with Gasteiger partial charge >= 0.3 is 5.69 Å². The minimum Gasteiger partial charge on any atom is -0.493 e. The highest BCUT2D eigenvalue weighted by molar-refractivity contribution is 7.17. The minimum absolute atomic E-state index is 0.148. The van der Waals surface area contributed by atoms with E-state index in [0.717, 1.165) is 11.1 Å². The number of rotatable bonds is 7. The molecule has 0 aliphatic carbocycles. The summed E-state index contributed by atoms with van der Waals surface area (Å²) in [5.74, 6) is 1.61. The Morgan fingerprint density at radius 2 is 1.73 bits per heavy atom. The van der Waals surface area contributed by atoms with Crippen LogP contribution in [0.3, 0.4) is 0 Å². The molecule has 0 atom stereocenters. The second-order valence-corrected chi connectivity index (χ2v) is 8.51. The lowest BCUT2D eigenvalue weighted by Gasteiger charge is -2.11. The Kier molecular flexibility index (Phi) is 5.47. The Labute approximate surface area is 192 Å². The molecule has 0 aliphatic rings. The molecule has 3 heterocycles. The topological polar surface area (TPSA) is 79.8 Å². The van der Waals surface area contributed by atoms with Crippen molar-refractivity contribution >= 4 is 27.3 Å². The predicted molar refractivity (Wildman–Crippen MR) is 128 cm³/mol. The van der Waals surface area contributed by atoms with Crippen LogP contribution in [0.2, 0.25) is 0 Å². The van der Waals surface area contributed by atoms with Crippen LogP contribution >= 0.6 is 11.3 Å². The van der Waals surface area contributed by atoms with Gasteiger partial charge in [-0.15, -0.1) is 16.4 Å². The van der Waals surface area contributed by atoms with E-state index in [4.69, 9.17) is 9.47 Å². The molecule has 0 fully saturated rings. The van der Waals surface area contributed by atoms with E-state index in [1.54, 1.807) is 24.9 Å². The summed E-state index contributed by atoms with van der Waals surface area (Å²) in [6.07, 6.45) is 0.562. The summed E-state index contributed by atoms with van der Waals surface area (Å²) in [6, 6.07) is 17.1. The van der Waals surface area contributed by atoms with Crippen molar-refractivity contribution in [1.82, 2.24) is 18.7 Å². The van der Waals surface area contributed by atoms with E-state index < -0.39 is 0 Å². The average Bonchev–Trinajstić information content (AvgIpc) is 3.44. The summed E-state index contributed by atoms with van der Waals surface area (Å²) < 4.78 is 15.8. The van der Waals surface area contributed by atoms with Crippen molar-refractivity contribution in [3.8, 4) is 11.5 Å². The van der Waals surface area contributed by atoms with Crippen LogP contribution in [-0.2, 0) is 19.5 Å². The zero-order valence-electron chi connectivity index (χ0n) is 18.2. The Hall–Kier alpha value is -3.85. The van der Waals surface area contributed by atoms with Crippen LogP contribution in [0.4, 0.5) is 0 Å². The van der Waals surface area contributed by atoms with Crippen molar-refractivity contribution < 1.29 is 9.47 Å². The van der Waals surface area contributed by atoms with Crippen LogP contribution in [0.15, 0.2) is 69.6 Å². The highest BCUT2D eigenvalue weighted by Gasteiger charge is 2.18. The molecule has 5 rings (SSSR count). The van der Waals surface area contributed by atoms with E-state index in [9.17, 15) is 9.59 Å². The van der Waals surface area contributed by atoms with Gasteiger partial charge in [0.05, 0.1) is 26.3 Å². The van der Waals surface area contributed by atoms with Gasteiger partial charge in [0.1, 0.15) is 4.70 Å². The number of nitrogens with zero attached hydrogens (tertiary/aromatic N) is 4. The van der Waals surface area contributed by atoms with Gasteiger partial charge in [0.2, 0.25) is 5.78 Å². The first kappa shape index (κ1) is 21.0. The van der Waals surface area contributed by atoms with Crippen LogP contribution in [0.1, 0.15) is 11.1 Å². The third-order valence-electron chi connectivity index (χ3n) is 5.64. The van der Waals surface area contributed by atoms with Gasteiger partial charge in [-0.1, -0.05) is 36.4 Å². The molecule has 0 bridgehead atoms. The molecular weight excluding hydrogens is 440 g/mol. The third kappa shape index (κ3) is 3.70. The van der Waals surface area contributed by atoms with E-state index in [0.29, 0.717) is 47.0 Å². The predicted octanol–water partition coefficient (Wildman–Crippen LogP) is 3.18. The monoisotopic (exact) mass is 462 g/mol. The van der Waals surface area contributed by atoms with Gasteiger partial charge < -0.3 is 9.47 Å². The minimum atomic E-state index is -0.267. The zero-order chi connectivity index (χ0) is 22.9. The molecular formula is C24H22N4O4S. The number of benzene rings is 2. The molecule has 0 N–H and O–H groups in total. The summed E-state index contributed by atoms with van der Waals surface area (Å²) in [7, 11) is 3.18. The third-order valence-corrected chi connectivity index (χ3v) is 6.53. The number of hydrogen-bond donors (Lipinski definition) is 0. The fourth-order valence-electron chi connectivity index (χ4n) is 3.97. The van der Waals surface area contributed by atoms with E-state index in [2.05, 4.69) is 5.10 Å². The Bertz CT molecular complexity index is 1560. The van der Waals surface area contributed by atoms with Gasteiger partial charge in [0.25, 0.3) is 5.56 Å². The highest BCUT2D eigenvalue weighted by Crippen LogP contribution is 2.28. The summed E-state index contributed by atoms with van der Waals surface area (Å²) in [4.78, 5) is 26.6. The maximum Gasteiger partial charge on any atom is 0.352 e. The van der Waals surface area contributed by atoms with E-state index >= 15 is 0 Å². The van der Waals surface area contributed by atoms with Gasteiger partial charge in [0, 0.05) is 6.54 Å². The number of methoxy groups -OCH3 is 2. The van der Waals surface area contributed by atoms with Crippen LogP contribution in [0.5, 0.6) is 11.5 Å². The zero-order valence-corrected chi connectivity index (χ0v) is 19.0. The maximum absolute atomic E-state index is 13.3. The van der Waals surface area contributed by atoms with Crippen LogP contribution in [0.25, 0.3) is 16.0 Å².